The topological polar surface area (TPSA) is 54.9 Å². The molecule has 0 fully saturated rings. The van der Waals surface area contributed by atoms with Crippen LogP contribution < -0.4 is 9.47 Å². The van der Waals surface area contributed by atoms with Gasteiger partial charge in [0.1, 0.15) is 0 Å². The maximum absolute atomic E-state index is 12.8. The zero-order valence-electron chi connectivity index (χ0n) is 18.8. The highest BCUT2D eigenvalue weighted by Gasteiger charge is 2.23. The van der Waals surface area contributed by atoms with Gasteiger partial charge in [-0.2, -0.15) is 0 Å². The highest BCUT2D eigenvalue weighted by molar-refractivity contribution is 7.11. The number of thiazole rings is 1. The first kappa shape index (κ1) is 23.2. The molecule has 0 radical (unpaired) electrons. The second-order valence-corrected chi connectivity index (χ2v) is 8.71. The molecule has 2 aromatic rings. The molecule has 1 aromatic heterocycles. The molecule has 29 heavy (non-hydrogen) atoms. The van der Waals surface area contributed by atoms with Crippen molar-refractivity contribution in [3.63, 3.8) is 0 Å². The zero-order chi connectivity index (χ0) is 21.7. The number of amides is 1. The lowest BCUT2D eigenvalue weighted by molar-refractivity contribution is -0.131. The summed E-state index contributed by atoms with van der Waals surface area (Å²) in [5, 5.41) is 1.14. The van der Waals surface area contributed by atoms with E-state index in [1.54, 1.807) is 30.5 Å². The smallest absolute Gasteiger partial charge is 0.236 e. The van der Waals surface area contributed by atoms with Crippen molar-refractivity contribution in [2.24, 2.45) is 0 Å². The molecule has 1 amide bonds. The Bertz CT molecular complexity index is 835. The number of methoxy groups -OCH3 is 2. The van der Waals surface area contributed by atoms with Crippen LogP contribution in [0.5, 0.6) is 11.5 Å². The molecule has 0 N–H and O–H groups in total. The summed E-state index contributed by atoms with van der Waals surface area (Å²) in [6, 6.07) is 5.83. The fraction of sp³-hybridized carbons (Fsp3) is 0.545. The van der Waals surface area contributed by atoms with Gasteiger partial charge in [-0.15, -0.1) is 11.3 Å². The van der Waals surface area contributed by atoms with Crippen LogP contribution >= 0.6 is 11.3 Å². The van der Waals surface area contributed by atoms with Crippen molar-refractivity contribution >= 4 is 17.2 Å². The van der Waals surface area contributed by atoms with Gasteiger partial charge in [0.05, 0.1) is 31.5 Å². The second kappa shape index (κ2) is 10.1. The van der Waals surface area contributed by atoms with Gasteiger partial charge in [-0.25, -0.2) is 4.98 Å². The molecule has 0 aliphatic heterocycles. The number of carbonyl (C=O) groups is 1. The van der Waals surface area contributed by atoms with Gasteiger partial charge in [0, 0.05) is 36.0 Å². The average Bonchev–Trinajstić information content (AvgIpc) is 3.08. The molecule has 0 saturated carbocycles. The second-order valence-electron chi connectivity index (χ2n) is 7.65. The third kappa shape index (κ3) is 5.48. The number of carbonyl (C=O) groups excluding carboxylic acids is 1. The fourth-order valence-electron chi connectivity index (χ4n) is 3.16. The van der Waals surface area contributed by atoms with Gasteiger partial charge in [0.15, 0.2) is 11.5 Å². The Morgan fingerprint density at radius 2 is 1.86 bits per heavy atom. The van der Waals surface area contributed by atoms with Crippen molar-refractivity contribution in [2.45, 2.75) is 46.2 Å². The van der Waals surface area contributed by atoms with Gasteiger partial charge in [-0.3, -0.25) is 9.69 Å². The van der Waals surface area contributed by atoms with Crippen molar-refractivity contribution in [1.29, 1.82) is 0 Å². The predicted molar refractivity (Wildman–Crippen MR) is 118 cm³/mol. The molecular formula is C22H33N3O3S. The molecule has 6 nitrogen and oxygen atoms in total. The standard InChI is InChI=1S/C22H33N3O3S/c1-14(2)22-23-15(3)21(29-22)16(4)24(5)13-19(26)25(6)12-17-10-9-11-18(27-7)20(17)28-8/h9-11,14,16H,12-13H2,1-8H3. The normalized spacial score (nSPS) is 12.3. The lowest BCUT2D eigenvalue weighted by atomic mass is 10.1. The Kier molecular flexibility index (Phi) is 8.05. The summed E-state index contributed by atoms with van der Waals surface area (Å²) in [6.07, 6.45) is 0. The fourth-order valence-corrected chi connectivity index (χ4v) is 4.34. The summed E-state index contributed by atoms with van der Waals surface area (Å²) in [5.74, 6) is 1.79. The van der Waals surface area contributed by atoms with Crippen LogP contribution in [-0.2, 0) is 11.3 Å². The largest absolute Gasteiger partial charge is 0.493 e. The quantitative estimate of drug-likeness (QED) is 0.608. The first-order valence-electron chi connectivity index (χ1n) is 9.80. The molecule has 0 aliphatic carbocycles. The number of nitrogens with zero attached hydrogens (tertiary/aromatic N) is 3. The van der Waals surface area contributed by atoms with Gasteiger partial charge in [-0.05, 0) is 27.0 Å². The average molecular weight is 420 g/mol. The lowest BCUT2D eigenvalue weighted by Crippen LogP contribution is -2.37. The number of rotatable bonds is 9. The number of aromatic nitrogens is 1. The molecule has 1 unspecified atom stereocenters. The van der Waals surface area contributed by atoms with E-state index >= 15 is 0 Å². The van der Waals surface area contributed by atoms with Crippen LogP contribution in [0.15, 0.2) is 18.2 Å². The summed E-state index contributed by atoms with van der Waals surface area (Å²) >= 11 is 1.74. The van der Waals surface area contributed by atoms with E-state index in [0.717, 1.165) is 16.3 Å². The van der Waals surface area contributed by atoms with E-state index < -0.39 is 0 Å². The van der Waals surface area contributed by atoms with E-state index in [1.807, 2.05) is 39.2 Å². The number of benzene rings is 1. The number of aryl methyl sites for hydroxylation is 1. The van der Waals surface area contributed by atoms with Gasteiger partial charge in [0.25, 0.3) is 0 Å². The molecule has 1 heterocycles. The minimum Gasteiger partial charge on any atom is -0.493 e. The Balaban J connectivity index is 2.06. The molecular weight excluding hydrogens is 386 g/mol. The molecule has 0 spiro atoms. The van der Waals surface area contributed by atoms with Crippen molar-refractivity contribution in [3.05, 3.63) is 39.3 Å². The van der Waals surface area contributed by atoms with E-state index in [0.29, 0.717) is 30.5 Å². The van der Waals surface area contributed by atoms with E-state index in [2.05, 4.69) is 30.7 Å². The summed E-state index contributed by atoms with van der Waals surface area (Å²) in [6.45, 7) is 9.27. The van der Waals surface area contributed by atoms with E-state index in [1.165, 1.54) is 4.88 Å². The van der Waals surface area contributed by atoms with E-state index in [4.69, 9.17) is 9.47 Å². The van der Waals surface area contributed by atoms with Gasteiger partial charge in [0.2, 0.25) is 5.91 Å². The molecule has 0 aliphatic rings. The molecule has 2 rings (SSSR count). The Labute approximate surface area is 178 Å². The lowest BCUT2D eigenvalue weighted by Gasteiger charge is -2.27. The maximum Gasteiger partial charge on any atom is 0.236 e. The third-order valence-electron chi connectivity index (χ3n) is 5.09. The number of ether oxygens (including phenoxy) is 2. The summed E-state index contributed by atoms with van der Waals surface area (Å²) in [7, 11) is 7.02. The molecule has 0 saturated heterocycles. The summed E-state index contributed by atoms with van der Waals surface area (Å²) in [5.41, 5.74) is 1.97. The Hall–Kier alpha value is -2.12. The van der Waals surface area contributed by atoms with Crippen LogP contribution in [0.3, 0.4) is 0 Å². The van der Waals surface area contributed by atoms with Crippen molar-refractivity contribution in [3.8, 4) is 11.5 Å². The SMILES string of the molecule is COc1cccc(CN(C)C(=O)CN(C)C(C)c2sc(C(C)C)nc2C)c1OC. The van der Waals surface area contributed by atoms with Gasteiger partial charge in [-0.1, -0.05) is 26.0 Å². The highest BCUT2D eigenvalue weighted by Crippen LogP contribution is 2.33. The number of likely N-dealkylation sites (N-methyl/N-ethyl adjacent to an activating group) is 2. The van der Waals surface area contributed by atoms with Crippen LogP contribution in [0.2, 0.25) is 0 Å². The number of hydrogen-bond donors (Lipinski definition) is 0. The number of para-hydroxylation sites is 1. The first-order chi connectivity index (χ1) is 13.7. The van der Waals surface area contributed by atoms with Crippen LogP contribution in [0.25, 0.3) is 0 Å². The first-order valence-corrected chi connectivity index (χ1v) is 10.6. The minimum absolute atomic E-state index is 0.0514. The summed E-state index contributed by atoms with van der Waals surface area (Å²) in [4.78, 5) is 22.6. The maximum atomic E-state index is 12.8. The zero-order valence-corrected chi connectivity index (χ0v) is 19.6. The van der Waals surface area contributed by atoms with Crippen LogP contribution in [0, 0.1) is 6.92 Å². The minimum atomic E-state index is 0.0514. The monoisotopic (exact) mass is 419 g/mol. The predicted octanol–water partition coefficient (Wildman–Crippen LogP) is 4.24. The van der Waals surface area contributed by atoms with Crippen molar-refractivity contribution in [2.75, 3.05) is 34.9 Å². The van der Waals surface area contributed by atoms with Crippen LogP contribution in [0.1, 0.15) is 53.9 Å². The molecule has 1 aromatic carbocycles. The van der Waals surface area contributed by atoms with Crippen molar-refractivity contribution < 1.29 is 14.3 Å². The van der Waals surface area contributed by atoms with Gasteiger partial charge < -0.3 is 14.4 Å². The van der Waals surface area contributed by atoms with Crippen LogP contribution in [0.4, 0.5) is 0 Å². The molecule has 7 heteroatoms. The van der Waals surface area contributed by atoms with E-state index in [9.17, 15) is 4.79 Å². The number of hydrogen-bond acceptors (Lipinski definition) is 6. The Morgan fingerprint density at radius 1 is 1.17 bits per heavy atom. The molecule has 1 atom stereocenters. The van der Waals surface area contributed by atoms with Gasteiger partial charge >= 0.3 is 0 Å². The molecule has 160 valence electrons. The third-order valence-corrected chi connectivity index (χ3v) is 6.71. The van der Waals surface area contributed by atoms with E-state index in [-0.39, 0.29) is 11.9 Å². The molecule has 0 bridgehead atoms. The van der Waals surface area contributed by atoms with Crippen LogP contribution in [-0.4, -0.2) is 55.6 Å². The Morgan fingerprint density at radius 3 is 2.41 bits per heavy atom. The highest BCUT2D eigenvalue weighted by atomic mass is 32.1. The van der Waals surface area contributed by atoms with Crippen molar-refractivity contribution in [1.82, 2.24) is 14.8 Å². The summed E-state index contributed by atoms with van der Waals surface area (Å²) < 4.78 is 10.8.